The average molecular weight is 421 g/mol. The van der Waals surface area contributed by atoms with Gasteiger partial charge in [-0.3, -0.25) is 4.79 Å². The fourth-order valence-corrected chi connectivity index (χ4v) is 6.69. The summed E-state index contributed by atoms with van der Waals surface area (Å²) in [6.45, 7) is 9.01. The molecule has 1 aliphatic heterocycles. The lowest BCUT2D eigenvalue weighted by Gasteiger charge is -2.31. The van der Waals surface area contributed by atoms with E-state index in [2.05, 4.69) is 5.32 Å². The molecule has 28 heavy (non-hydrogen) atoms. The van der Waals surface area contributed by atoms with Crippen molar-refractivity contribution in [1.82, 2.24) is 9.62 Å². The highest BCUT2D eigenvalue weighted by Gasteiger charge is 2.33. The Kier molecular flexibility index (Phi) is 6.27. The van der Waals surface area contributed by atoms with Crippen molar-refractivity contribution in [3.8, 4) is 0 Å². The molecule has 0 aliphatic carbocycles. The summed E-state index contributed by atoms with van der Waals surface area (Å²) in [5.74, 6) is -0.112. The first-order valence-corrected chi connectivity index (χ1v) is 11.9. The number of carbonyl (C=O) groups excluding carboxylic acids is 1. The van der Waals surface area contributed by atoms with Gasteiger partial charge < -0.3 is 5.32 Å². The zero-order valence-electron chi connectivity index (χ0n) is 16.9. The predicted octanol–water partition coefficient (Wildman–Crippen LogP) is 3.70. The maximum absolute atomic E-state index is 13.2. The van der Waals surface area contributed by atoms with Crippen LogP contribution in [-0.2, 0) is 21.4 Å². The van der Waals surface area contributed by atoms with E-state index in [0.717, 1.165) is 16.7 Å². The molecule has 1 fully saturated rings. The summed E-state index contributed by atoms with van der Waals surface area (Å²) in [5.41, 5.74) is 3.81. The second kappa shape index (κ2) is 8.35. The Bertz CT molecular complexity index is 948. The van der Waals surface area contributed by atoms with Crippen molar-refractivity contribution in [1.29, 1.82) is 0 Å². The number of carbonyl (C=O) groups is 1. The first kappa shape index (κ1) is 21.0. The molecule has 0 spiro atoms. The monoisotopic (exact) mass is 420 g/mol. The molecule has 1 aromatic heterocycles. The second-order valence-corrected chi connectivity index (χ2v) is 10.5. The second-order valence-electron chi connectivity index (χ2n) is 7.65. The molecule has 2 aromatic rings. The molecule has 3 rings (SSSR count). The van der Waals surface area contributed by atoms with E-state index in [4.69, 9.17) is 0 Å². The van der Waals surface area contributed by atoms with E-state index in [1.54, 1.807) is 11.3 Å². The molecular weight excluding hydrogens is 392 g/mol. The molecule has 5 nitrogen and oxygen atoms in total. The molecule has 1 N–H and O–H groups in total. The number of hydrogen-bond acceptors (Lipinski definition) is 4. The van der Waals surface area contributed by atoms with Gasteiger partial charge in [-0.2, -0.15) is 4.31 Å². The van der Waals surface area contributed by atoms with Crippen LogP contribution in [0.15, 0.2) is 28.5 Å². The standard InChI is InChI=1S/C21H28N2O3S2/c1-14-11-16(3)20(17(4)12-14)28(25,26)23-8-5-18(6-9-23)21(24)22-13-19-15(2)7-10-27-19/h7,10-12,18H,5-6,8-9,13H2,1-4H3,(H,22,24). The van der Waals surface area contributed by atoms with Crippen LogP contribution in [0.4, 0.5) is 0 Å². The van der Waals surface area contributed by atoms with Crippen LogP contribution in [0.3, 0.4) is 0 Å². The predicted molar refractivity (Wildman–Crippen MR) is 113 cm³/mol. The third-order valence-corrected chi connectivity index (χ3v) is 8.65. The van der Waals surface area contributed by atoms with Crippen LogP contribution < -0.4 is 5.32 Å². The van der Waals surface area contributed by atoms with Gasteiger partial charge in [0.05, 0.1) is 11.4 Å². The van der Waals surface area contributed by atoms with Gasteiger partial charge in [0, 0.05) is 23.9 Å². The van der Waals surface area contributed by atoms with Gasteiger partial charge in [0.1, 0.15) is 0 Å². The summed E-state index contributed by atoms with van der Waals surface area (Å²) in [6.07, 6.45) is 1.11. The lowest BCUT2D eigenvalue weighted by atomic mass is 9.97. The highest BCUT2D eigenvalue weighted by molar-refractivity contribution is 7.89. The molecule has 1 aliphatic rings. The molecule has 1 aromatic carbocycles. The highest BCUT2D eigenvalue weighted by atomic mass is 32.2. The largest absolute Gasteiger partial charge is 0.351 e. The van der Waals surface area contributed by atoms with Crippen molar-refractivity contribution in [2.45, 2.75) is 52.0 Å². The van der Waals surface area contributed by atoms with Crippen molar-refractivity contribution >= 4 is 27.3 Å². The molecule has 0 bridgehead atoms. The number of benzene rings is 1. The minimum Gasteiger partial charge on any atom is -0.351 e. The Balaban J connectivity index is 1.63. The van der Waals surface area contributed by atoms with Crippen LogP contribution in [-0.4, -0.2) is 31.7 Å². The Morgan fingerprint density at radius 1 is 1.11 bits per heavy atom. The number of piperidine rings is 1. The van der Waals surface area contributed by atoms with Crippen LogP contribution in [0, 0.1) is 33.6 Å². The van der Waals surface area contributed by atoms with Crippen LogP contribution in [0.2, 0.25) is 0 Å². The summed E-state index contributed by atoms with van der Waals surface area (Å²) in [6, 6.07) is 5.86. The smallest absolute Gasteiger partial charge is 0.243 e. The number of aryl methyl sites for hydroxylation is 4. The van der Waals surface area contributed by atoms with Crippen LogP contribution in [0.1, 0.15) is 40.0 Å². The number of sulfonamides is 1. The summed E-state index contributed by atoms with van der Waals surface area (Å²) in [4.78, 5) is 14.1. The number of nitrogens with zero attached hydrogens (tertiary/aromatic N) is 1. The van der Waals surface area contributed by atoms with Crippen molar-refractivity contribution in [2.24, 2.45) is 5.92 Å². The van der Waals surface area contributed by atoms with E-state index in [9.17, 15) is 13.2 Å². The molecule has 0 unspecified atom stereocenters. The maximum atomic E-state index is 13.2. The van der Waals surface area contributed by atoms with Gasteiger partial charge >= 0.3 is 0 Å². The van der Waals surface area contributed by atoms with Gasteiger partial charge in [0.25, 0.3) is 0 Å². The van der Waals surface area contributed by atoms with Crippen LogP contribution in [0.25, 0.3) is 0 Å². The molecule has 152 valence electrons. The molecule has 1 saturated heterocycles. The third kappa shape index (κ3) is 4.31. The first-order chi connectivity index (χ1) is 13.2. The van der Waals surface area contributed by atoms with Crippen molar-refractivity contribution in [3.05, 3.63) is 50.7 Å². The molecule has 0 saturated carbocycles. The zero-order chi connectivity index (χ0) is 20.5. The SMILES string of the molecule is Cc1cc(C)c(S(=O)(=O)N2CCC(C(=O)NCc3sccc3C)CC2)c(C)c1. The first-order valence-electron chi connectivity index (χ1n) is 9.59. The Morgan fingerprint density at radius 2 is 1.71 bits per heavy atom. The Morgan fingerprint density at radius 3 is 2.25 bits per heavy atom. The topological polar surface area (TPSA) is 66.5 Å². The molecule has 7 heteroatoms. The number of nitrogens with one attached hydrogen (secondary N) is 1. The molecular formula is C21H28N2O3S2. The average Bonchev–Trinajstić information content (AvgIpc) is 3.03. The van der Waals surface area contributed by atoms with E-state index in [1.807, 2.05) is 51.3 Å². The van der Waals surface area contributed by atoms with Gasteiger partial charge in [-0.25, -0.2) is 8.42 Å². The summed E-state index contributed by atoms with van der Waals surface area (Å²) in [7, 11) is -3.54. The van der Waals surface area contributed by atoms with Crippen molar-refractivity contribution < 1.29 is 13.2 Å². The number of amides is 1. The Hall–Kier alpha value is -1.70. The lowest BCUT2D eigenvalue weighted by Crippen LogP contribution is -2.43. The minimum atomic E-state index is -3.54. The van der Waals surface area contributed by atoms with Crippen molar-refractivity contribution in [3.63, 3.8) is 0 Å². The fourth-order valence-electron chi connectivity index (χ4n) is 3.96. The molecule has 2 heterocycles. The molecule has 0 radical (unpaired) electrons. The van der Waals surface area contributed by atoms with Crippen LogP contribution >= 0.6 is 11.3 Å². The normalized spacial score (nSPS) is 16.3. The highest BCUT2D eigenvalue weighted by Crippen LogP contribution is 2.29. The number of thiophene rings is 1. The summed E-state index contributed by atoms with van der Waals surface area (Å²) >= 11 is 1.64. The maximum Gasteiger partial charge on any atom is 0.243 e. The van der Waals surface area contributed by atoms with Gasteiger partial charge in [-0.1, -0.05) is 17.7 Å². The van der Waals surface area contributed by atoms with E-state index in [0.29, 0.717) is 37.4 Å². The number of rotatable bonds is 5. The lowest BCUT2D eigenvalue weighted by molar-refractivity contribution is -0.126. The van der Waals surface area contributed by atoms with Gasteiger partial charge in [0.2, 0.25) is 15.9 Å². The van der Waals surface area contributed by atoms with Gasteiger partial charge in [-0.05, 0) is 68.7 Å². The molecule has 1 amide bonds. The quantitative estimate of drug-likeness (QED) is 0.802. The summed E-state index contributed by atoms with van der Waals surface area (Å²) < 4.78 is 27.9. The summed E-state index contributed by atoms with van der Waals surface area (Å²) in [5, 5.41) is 5.03. The minimum absolute atomic E-state index is 0.0209. The zero-order valence-corrected chi connectivity index (χ0v) is 18.5. The fraction of sp³-hybridized carbons (Fsp3) is 0.476. The van der Waals surface area contributed by atoms with Gasteiger partial charge in [-0.15, -0.1) is 11.3 Å². The molecule has 0 atom stereocenters. The Labute approximate surface area is 171 Å². The van der Waals surface area contributed by atoms with E-state index >= 15 is 0 Å². The van der Waals surface area contributed by atoms with E-state index in [-0.39, 0.29) is 11.8 Å². The van der Waals surface area contributed by atoms with E-state index < -0.39 is 10.0 Å². The number of hydrogen-bond donors (Lipinski definition) is 1. The van der Waals surface area contributed by atoms with Crippen LogP contribution in [0.5, 0.6) is 0 Å². The van der Waals surface area contributed by atoms with Crippen molar-refractivity contribution in [2.75, 3.05) is 13.1 Å². The van der Waals surface area contributed by atoms with Gasteiger partial charge in [0.15, 0.2) is 0 Å². The van der Waals surface area contributed by atoms with E-state index in [1.165, 1.54) is 14.7 Å². The third-order valence-electron chi connectivity index (χ3n) is 5.42.